The van der Waals surface area contributed by atoms with Crippen molar-refractivity contribution < 1.29 is 39.2 Å². The fourth-order valence-corrected chi connectivity index (χ4v) is 2.05. The minimum atomic E-state index is -2.85. The molecule has 1 aliphatic rings. The third kappa shape index (κ3) is 9.76. The Hall–Kier alpha value is -2.05. The van der Waals surface area contributed by atoms with Crippen molar-refractivity contribution in [2.45, 2.75) is 58.3 Å². The first-order chi connectivity index (χ1) is 13.2. The van der Waals surface area contributed by atoms with E-state index in [2.05, 4.69) is 23.9 Å². The number of rotatable bonds is 7. The number of aliphatic hydroxyl groups excluding tert-OH is 1. The highest BCUT2D eigenvalue weighted by atomic mass is 16.8. The summed E-state index contributed by atoms with van der Waals surface area (Å²) in [6.07, 6.45) is 1.27. The predicted octanol–water partition coefficient (Wildman–Crippen LogP) is -1.24. The topological polar surface area (TPSA) is 172 Å². The van der Waals surface area contributed by atoms with Crippen LogP contribution in [-0.4, -0.2) is 77.5 Å². The summed E-state index contributed by atoms with van der Waals surface area (Å²) in [5.41, 5.74) is 5.30. The van der Waals surface area contributed by atoms with Gasteiger partial charge in [0.05, 0.1) is 6.54 Å². The van der Waals surface area contributed by atoms with Crippen molar-refractivity contribution in [3.63, 3.8) is 0 Å². The van der Waals surface area contributed by atoms with Gasteiger partial charge in [-0.2, -0.15) is 0 Å². The third-order valence-corrected chi connectivity index (χ3v) is 3.23. The molecule has 2 amide bonds. The second-order valence-corrected chi connectivity index (χ2v) is 5.64. The van der Waals surface area contributed by atoms with Crippen molar-refractivity contribution in [2.24, 2.45) is 5.73 Å². The summed E-state index contributed by atoms with van der Waals surface area (Å²) in [4.78, 5) is 34.8. The molecule has 0 bridgehead atoms. The lowest BCUT2D eigenvalue weighted by Gasteiger charge is -2.28. The minimum absolute atomic E-state index is 0.118. The molecule has 0 aliphatic carbocycles. The second-order valence-electron chi connectivity index (χ2n) is 5.64. The number of nitrogens with zero attached hydrogens (tertiary/aromatic N) is 1. The highest BCUT2D eigenvalue weighted by molar-refractivity contribution is 5.92. The molecule has 0 aromatic heterocycles. The van der Waals surface area contributed by atoms with E-state index in [1.54, 1.807) is 0 Å². The van der Waals surface area contributed by atoms with E-state index in [-0.39, 0.29) is 24.3 Å². The van der Waals surface area contributed by atoms with E-state index in [0.717, 1.165) is 12.0 Å². The van der Waals surface area contributed by atoms with Crippen LogP contribution >= 0.6 is 0 Å². The fraction of sp³-hybridized carbons (Fsp3) is 0.706. The highest BCUT2D eigenvalue weighted by Gasteiger charge is 2.45. The number of ether oxygens (including phenoxy) is 2. The Morgan fingerprint density at radius 3 is 2.29 bits per heavy atom. The largest absolute Gasteiger partial charge is 0.405 e. The van der Waals surface area contributed by atoms with Gasteiger partial charge in [-0.05, 0) is 19.8 Å². The van der Waals surface area contributed by atoms with Gasteiger partial charge in [0.25, 0.3) is 0 Å². The molecule has 164 valence electrons. The van der Waals surface area contributed by atoms with Gasteiger partial charge in [0.1, 0.15) is 6.23 Å². The Kier molecular flexibility index (Phi) is 15.0. The number of aliphatic hydroxyl groups is 3. The van der Waals surface area contributed by atoms with Crippen LogP contribution in [0.1, 0.15) is 40.0 Å². The maximum Gasteiger partial charge on any atom is 0.352 e. The lowest BCUT2D eigenvalue weighted by Crippen LogP contribution is -2.48. The van der Waals surface area contributed by atoms with E-state index in [1.807, 2.05) is 0 Å². The van der Waals surface area contributed by atoms with Gasteiger partial charge in [-0.25, -0.2) is 0 Å². The molecule has 0 aromatic rings. The van der Waals surface area contributed by atoms with Gasteiger partial charge in [0.2, 0.25) is 12.3 Å². The molecule has 2 atom stereocenters. The summed E-state index contributed by atoms with van der Waals surface area (Å²) >= 11 is 0. The molecule has 28 heavy (non-hydrogen) atoms. The molecule has 1 aliphatic heterocycles. The highest BCUT2D eigenvalue weighted by Crippen LogP contribution is 2.29. The number of esters is 1. The van der Waals surface area contributed by atoms with Crippen molar-refractivity contribution >= 4 is 18.3 Å². The molecule has 0 saturated carbocycles. The normalized spacial score (nSPS) is 18.7. The minimum Gasteiger partial charge on any atom is -0.405 e. The summed E-state index contributed by atoms with van der Waals surface area (Å²) in [5.74, 6) is -4.23. The standard InChI is InChI=1S/C13H21N3O7.C3H8.CH4O/c1-8(12(19)15-2)6-16(7-17)10-4-3-9(22-10)13(20,21)23-11(18)5-14;1-3-2;1-2/h6-7,9-10,20-21H,3-5,14H2,1-2H3,(H,15,19);3H2,1-2H3;2H,1H3/b8-6-;;. The average molecular weight is 407 g/mol. The first kappa shape index (κ1) is 28.2. The Bertz CT molecular complexity index is 511. The zero-order valence-electron chi connectivity index (χ0n) is 17.0. The van der Waals surface area contributed by atoms with Crippen LogP contribution in [0.2, 0.25) is 0 Å². The molecule has 0 spiro atoms. The van der Waals surface area contributed by atoms with E-state index in [1.165, 1.54) is 26.6 Å². The first-order valence-electron chi connectivity index (χ1n) is 8.76. The molecule has 0 aromatic carbocycles. The number of nitrogens with two attached hydrogens (primary N) is 1. The SMILES string of the molecule is CCC.CNC(=O)/C(C)=C\N(C=O)C1CCC(C(O)(O)OC(=O)CN)O1.CO. The van der Waals surface area contributed by atoms with Crippen molar-refractivity contribution in [2.75, 3.05) is 20.7 Å². The smallest absolute Gasteiger partial charge is 0.352 e. The molecule has 1 fully saturated rings. The van der Waals surface area contributed by atoms with Crippen molar-refractivity contribution in [3.05, 3.63) is 11.8 Å². The van der Waals surface area contributed by atoms with E-state index < -0.39 is 30.8 Å². The zero-order valence-corrected chi connectivity index (χ0v) is 17.0. The van der Waals surface area contributed by atoms with Crippen molar-refractivity contribution in [3.8, 4) is 0 Å². The third-order valence-electron chi connectivity index (χ3n) is 3.23. The summed E-state index contributed by atoms with van der Waals surface area (Å²) in [7, 11) is 2.45. The molecule has 11 nitrogen and oxygen atoms in total. The second kappa shape index (κ2) is 14.9. The van der Waals surface area contributed by atoms with Crippen LogP contribution in [0.25, 0.3) is 0 Å². The molecule has 1 saturated heterocycles. The summed E-state index contributed by atoms with van der Waals surface area (Å²) in [6, 6.07) is 0. The van der Waals surface area contributed by atoms with Crippen LogP contribution in [0.5, 0.6) is 0 Å². The first-order valence-corrected chi connectivity index (χ1v) is 8.76. The molecule has 11 heteroatoms. The Morgan fingerprint density at radius 2 is 1.86 bits per heavy atom. The van der Waals surface area contributed by atoms with Crippen molar-refractivity contribution in [1.82, 2.24) is 10.2 Å². The van der Waals surface area contributed by atoms with Gasteiger partial charge in [-0.15, -0.1) is 0 Å². The Morgan fingerprint density at radius 1 is 1.32 bits per heavy atom. The molecular formula is C17H33N3O8. The number of carbonyl (C=O) groups excluding carboxylic acids is 3. The van der Waals surface area contributed by atoms with Crippen LogP contribution in [-0.2, 0) is 23.9 Å². The maximum atomic E-state index is 11.4. The van der Waals surface area contributed by atoms with E-state index in [0.29, 0.717) is 6.41 Å². The molecule has 2 unspecified atom stereocenters. The number of likely N-dealkylation sites (N-methyl/N-ethyl adjacent to an activating group) is 1. The summed E-state index contributed by atoms with van der Waals surface area (Å²) < 4.78 is 9.74. The zero-order chi connectivity index (χ0) is 22.3. The Labute approximate surface area is 165 Å². The lowest BCUT2D eigenvalue weighted by atomic mass is 10.2. The van der Waals surface area contributed by atoms with Gasteiger partial charge < -0.3 is 35.8 Å². The Balaban J connectivity index is 0. The quantitative estimate of drug-likeness (QED) is 0.150. The summed E-state index contributed by atoms with van der Waals surface area (Å²) in [5, 5.41) is 28.9. The van der Waals surface area contributed by atoms with E-state index in [9.17, 15) is 24.6 Å². The molecule has 6 N–H and O–H groups in total. The number of nitrogens with one attached hydrogen (secondary N) is 1. The van der Waals surface area contributed by atoms with Gasteiger partial charge in [-0.3, -0.25) is 19.3 Å². The molecule has 1 heterocycles. The number of hydrogen-bond acceptors (Lipinski definition) is 9. The fourth-order valence-electron chi connectivity index (χ4n) is 2.05. The molecular weight excluding hydrogens is 374 g/mol. The van der Waals surface area contributed by atoms with Crippen LogP contribution in [0, 0.1) is 0 Å². The van der Waals surface area contributed by atoms with Crippen molar-refractivity contribution in [1.29, 1.82) is 0 Å². The monoisotopic (exact) mass is 407 g/mol. The number of amides is 2. The summed E-state index contributed by atoms with van der Waals surface area (Å²) in [6.45, 7) is 5.24. The van der Waals surface area contributed by atoms with Crippen LogP contribution < -0.4 is 11.1 Å². The van der Waals surface area contributed by atoms with Gasteiger partial charge >= 0.3 is 11.9 Å². The van der Waals surface area contributed by atoms with Crippen LogP contribution in [0.3, 0.4) is 0 Å². The van der Waals surface area contributed by atoms with Crippen LogP contribution in [0.15, 0.2) is 11.8 Å². The van der Waals surface area contributed by atoms with E-state index in [4.69, 9.17) is 15.6 Å². The van der Waals surface area contributed by atoms with Gasteiger partial charge in [0.15, 0.2) is 6.10 Å². The number of carbonyl (C=O) groups is 3. The van der Waals surface area contributed by atoms with E-state index >= 15 is 0 Å². The molecule has 0 radical (unpaired) electrons. The van der Waals surface area contributed by atoms with Gasteiger partial charge in [-0.1, -0.05) is 20.3 Å². The molecule has 1 rings (SSSR count). The van der Waals surface area contributed by atoms with Gasteiger partial charge in [0, 0.05) is 25.9 Å². The predicted molar refractivity (Wildman–Crippen MR) is 100 cm³/mol. The maximum absolute atomic E-state index is 11.4. The number of hydrogen-bond donors (Lipinski definition) is 5. The lowest BCUT2D eigenvalue weighted by molar-refractivity contribution is -0.362. The van der Waals surface area contributed by atoms with Crippen LogP contribution in [0.4, 0.5) is 0 Å². The average Bonchev–Trinajstić information content (AvgIpc) is 3.18.